The number of benzene rings is 3. The Morgan fingerprint density at radius 3 is 2.33 bits per heavy atom. The van der Waals surface area contributed by atoms with Gasteiger partial charge in [-0.3, -0.25) is 9.59 Å². The fraction of sp³-hybridized carbons (Fsp3) is 0.130. The van der Waals surface area contributed by atoms with Gasteiger partial charge in [0.2, 0.25) is 11.8 Å². The minimum absolute atomic E-state index is 0.167. The van der Waals surface area contributed by atoms with Crippen molar-refractivity contribution in [2.24, 2.45) is 0 Å². The van der Waals surface area contributed by atoms with Crippen LogP contribution in [0.4, 0.5) is 18.9 Å². The number of carbonyl (C=O) groups is 2. The van der Waals surface area contributed by atoms with Gasteiger partial charge in [-0.05, 0) is 35.2 Å². The van der Waals surface area contributed by atoms with Crippen molar-refractivity contribution in [2.75, 3.05) is 18.9 Å². The molecule has 0 bridgehead atoms. The maximum Gasteiger partial charge on any atom is 0.416 e. The second kappa shape index (κ2) is 8.82. The van der Waals surface area contributed by atoms with E-state index in [1.165, 1.54) is 36.2 Å². The molecule has 0 unspecified atom stereocenters. The van der Waals surface area contributed by atoms with Gasteiger partial charge in [0.25, 0.3) is 0 Å². The average molecular weight is 412 g/mol. The quantitative estimate of drug-likeness (QED) is 0.602. The molecule has 0 atom stereocenters. The Hall–Kier alpha value is -3.61. The van der Waals surface area contributed by atoms with Gasteiger partial charge in [0.05, 0.1) is 12.1 Å². The first-order valence-electron chi connectivity index (χ1n) is 9.12. The lowest BCUT2D eigenvalue weighted by molar-refractivity contribution is -0.137. The molecule has 0 aliphatic heterocycles. The molecule has 7 heteroatoms. The fourth-order valence-electron chi connectivity index (χ4n) is 2.90. The molecule has 0 radical (unpaired) electrons. The predicted octanol–water partition coefficient (Wildman–Crippen LogP) is 4.97. The molecule has 0 saturated carbocycles. The number of likely N-dealkylation sites (N-methyl/N-ethyl adjacent to an activating group) is 1. The highest BCUT2D eigenvalue weighted by atomic mass is 19.4. The van der Waals surface area contributed by atoms with Crippen LogP contribution in [0.25, 0.3) is 16.8 Å². The molecule has 4 nitrogen and oxygen atoms in total. The van der Waals surface area contributed by atoms with Crippen molar-refractivity contribution in [3.8, 4) is 0 Å². The number of anilines is 1. The molecule has 3 rings (SSSR count). The summed E-state index contributed by atoms with van der Waals surface area (Å²) in [4.78, 5) is 25.8. The topological polar surface area (TPSA) is 49.4 Å². The number of hydrogen-bond donors (Lipinski definition) is 1. The zero-order valence-corrected chi connectivity index (χ0v) is 16.1. The van der Waals surface area contributed by atoms with Gasteiger partial charge < -0.3 is 10.2 Å². The number of nitrogens with zero attached hydrogens (tertiary/aromatic N) is 1. The zero-order chi connectivity index (χ0) is 21.7. The maximum absolute atomic E-state index is 12.6. The summed E-state index contributed by atoms with van der Waals surface area (Å²) < 4.78 is 37.8. The Bertz CT molecular complexity index is 1080. The van der Waals surface area contributed by atoms with Gasteiger partial charge >= 0.3 is 6.18 Å². The van der Waals surface area contributed by atoms with Gasteiger partial charge in [-0.1, -0.05) is 48.5 Å². The van der Waals surface area contributed by atoms with E-state index in [0.29, 0.717) is 11.3 Å². The number of rotatable bonds is 5. The summed E-state index contributed by atoms with van der Waals surface area (Å²) in [6.07, 6.45) is -1.79. The van der Waals surface area contributed by atoms with E-state index in [2.05, 4.69) is 5.32 Å². The highest BCUT2D eigenvalue weighted by Crippen LogP contribution is 2.29. The normalized spacial score (nSPS) is 11.6. The van der Waals surface area contributed by atoms with Crippen LogP contribution < -0.4 is 5.32 Å². The van der Waals surface area contributed by atoms with Gasteiger partial charge in [0.15, 0.2) is 0 Å². The van der Waals surface area contributed by atoms with Crippen molar-refractivity contribution in [3.05, 3.63) is 83.9 Å². The largest absolute Gasteiger partial charge is 0.416 e. The van der Waals surface area contributed by atoms with Crippen LogP contribution in [0, 0.1) is 0 Å². The van der Waals surface area contributed by atoms with Crippen LogP contribution in [-0.2, 0) is 15.8 Å². The Morgan fingerprint density at radius 1 is 0.967 bits per heavy atom. The predicted molar refractivity (Wildman–Crippen MR) is 111 cm³/mol. The summed E-state index contributed by atoms with van der Waals surface area (Å²) in [5, 5.41) is 4.68. The van der Waals surface area contributed by atoms with Gasteiger partial charge in [0.1, 0.15) is 0 Å². The zero-order valence-electron chi connectivity index (χ0n) is 16.1. The monoisotopic (exact) mass is 412 g/mol. The molecule has 1 N–H and O–H groups in total. The van der Waals surface area contributed by atoms with Crippen LogP contribution in [-0.4, -0.2) is 30.3 Å². The highest BCUT2D eigenvalue weighted by molar-refractivity contribution is 6.04. The third kappa shape index (κ3) is 5.26. The van der Waals surface area contributed by atoms with Crippen molar-refractivity contribution < 1.29 is 22.8 Å². The van der Waals surface area contributed by atoms with Gasteiger partial charge in [-0.15, -0.1) is 0 Å². The Morgan fingerprint density at radius 2 is 1.63 bits per heavy atom. The molecule has 3 aromatic rings. The third-order valence-electron chi connectivity index (χ3n) is 4.48. The van der Waals surface area contributed by atoms with E-state index in [1.807, 2.05) is 36.4 Å². The smallest absolute Gasteiger partial charge is 0.333 e. The van der Waals surface area contributed by atoms with Gasteiger partial charge in [0, 0.05) is 24.2 Å². The standard InChI is InChI=1S/C23H19F3N2O2/c1-28(22(30)14-11-16-9-12-18(13-10-16)23(24,25)26)15-21(29)27-20-8-4-6-17-5-2-3-7-19(17)20/h2-14H,15H2,1H3,(H,27,29)/b14-11+. The average Bonchev–Trinajstić information content (AvgIpc) is 2.72. The molecule has 3 aromatic carbocycles. The number of alkyl halides is 3. The molecular weight excluding hydrogens is 393 g/mol. The SMILES string of the molecule is CN(CC(=O)Nc1cccc2ccccc12)C(=O)/C=C/c1ccc(C(F)(F)F)cc1. The van der Waals surface area contributed by atoms with E-state index in [4.69, 9.17) is 0 Å². The summed E-state index contributed by atoms with van der Waals surface area (Å²) in [5.74, 6) is -0.798. The van der Waals surface area contributed by atoms with Crippen LogP contribution in [0.15, 0.2) is 72.8 Å². The summed E-state index contributed by atoms with van der Waals surface area (Å²) in [6, 6.07) is 17.6. The lowest BCUT2D eigenvalue weighted by Crippen LogP contribution is -2.33. The summed E-state index contributed by atoms with van der Waals surface area (Å²) in [7, 11) is 1.47. The second-order valence-electron chi connectivity index (χ2n) is 6.72. The van der Waals surface area contributed by atoms with Crippen molar-refractivity contribution in [1.29, 1.82) is 0 Å². The summed E-state index contributed by atoms with van der Waals surface area (Å²) >= 11 is 0. The first-order chi connectivity index (χ1) is 14.2. The molecule has 154 valence electrons. The number of amides is 2. The van der Waals surface area contributed by atoms with Crippen LogP contribution >= 0.6 is 0 Å². The fourth-order valence-corrected chi connectivity index (χ4v) is 2.90. The van der Waals surface area contributed by atoms with E-state index < -0.39 is 17.6 Å². The molecule has 0 spiro atoms. The van der Waals surface area contributed by atoms with E-state index in [-0.39, 0.29) is 12.5 Å². The Labute approximate surface area is 171 Å². The minimum Gasteiger partial charge on any atom is -0.333 e. The summed E-state index contributed by atoms with van der Waals surface area (Å²) in [6.45, 7) is -0.167. The second-order valence-corrected chi connectivity index (χ2v) is 6.72. The number of halogens is 3. The van der Waals surface area contributed by atoms with E-state index in [1.54, 1.807) is 6.07 Å². The molecule has 0 aromatic heterocycles. The molecule has 0 fully saturated rings. The molecular formula is C23H19F3N2O2. The summed E-state index contributed by atoms with van der Waals surface area (Å²) in [5.41, 5.74) is 0.345. The van der Waals surface area contributed by atoms with Crippen molar-refractivity contribution in [2.45, 2.75) is 6.18 Å². The van der Waals surface area contributed by atoms with Crippen molar-refractivity contribution in [3.63, 3.8) is 0 Å². The van der Waals surface area contributed by atoms with Crippen molar-refractivity contribution >= 4 is 34.4 Å². The third-order valence-corrected chi connectivity index (χ3v) is 4.48. The van der Waals surface area contributed by atoms with Gasteiger partial charge in [-0.25, -0.2) is 0 Å². The molecule has 0 saturated heterocycles. The Kier molecular flexibility index (Phi) is 6.20. The minimum atomic E-state index is -4.41. The molecule has 0 aliphatic rings. The number of hydrogen-bond acceptors (Lipinski definition) is 2. The molecule has 0 aliphatic carbocycles. The molecule has 0 heterocycles. The number of carbonyl (C=O) groups excluding carboxylic acids is 2. The lowest BCUT2D eigenvalue weighted by atomic mass is 10.1. The Balaban J connectivity index is 1.59. The van der Waals surface area contributed by atoms with Crippen LogP contribution in [0.2, 0.25) is 0 Å². The lowest BCUT2D eigenvalue weighted by Gasteiger charge is -2.15. The maximum atomic E-state index is 12.6. The molecule has 30 heavy (non-hydrogen) atoms. The number of fused-ring (bicyclic) bond motifs is 1. The van der Waals surface area contributed by atoms with Crippen LogP contribution in [0.5, 0.6) is 0 Å². The first-order valence-corrected chi connectivity index (χ1v) is 9.12. The van der Waals surface area contributed by atoms with Crippen LogP contribution in [0.3, 0.4) is 0 Å². The highest BCUT2D eigenvalue weighted by Gasteiger charge is 2.29. The van der Waals surface area contributed by atoms with E-state index in [0.717, 1.165) is 22.9 Å². The van der Waals surface area contributed by atoms with E-state index >= 15 is 0 Å². The van der Waals surface area contributed by atoms with Gasteiger partial charge in [-0.2, -0.15) is 13.2 Å². The first kappa shape index (κ1) is 21.1. The van der Waals surface area contributed by atoms with Crippen molar-refractivity contribution in [1.82, 2.24) is 4.90 Å². The van der Waals surface area contributed by atoms with Crippen LogP contribution in [0.1, 0.15) is 11.1 Å². The molecule has 2 amide bonds. The van der Waals surface area contributed by atoms with E-state index in [9.17, 15) is 22.8 Å². The number of nitrogens with one attached hydrogen (secondary N) is 1.